The molecule has 27 heavy (non-hydrogen) atoms. The highest BCUT2D eigenvalue weighted by Gasteiger charge is 2.25. The number of carbonyl (C=O) groups is 1. The number of nitrogens with one attached hydrogen (secondary N) is 1. The van der Waals surface area contributed by atoms with Crippen LogP contribution in [0, 0.1) is 0 Å². The van der Waals surface area contributed by atoms with Gasteiger partial charge in [-0.15, -0.1) is 0 Å². The lowest BCUT2D eigenvalue weighted by molar-refractivity contribution is -0.120. The number of benzene rings is 2. The fraction of sp³-hybridized carbons (Fsp3) is 0.381. The summed E-state index contributed by atoms with van der Waals surface area (Å²) in [7, 11) is 0. The third-order valence-electron chi connectivity index (χ3n) is 5.04. The number of para-hydroxylation sites is 1. The van der Waals surface area contributed by atoms with Crippen LogP contribution in [-0.2, 0) is 17.6 Å². The Bertz CT molecular complexity index is 855. The molecule has 1 N–H and O–H groups in total. The lowest BCUT2D eigenvalue weighted by Gasteiger charge is -2.25. The molecule has 6 heteroatoms. The molecule has 1 amide bonds. The Labute approximate surface area is 164 Å². The SMILES string of the molecule is CC1Cc2ccccc2N1CCNC(=O)Cc1cc(Cl)c2c(c1)OCCO2. The van der Waals surface area contributed by atoms with Crippen LogP contribution in [0.2, 0.25) is 5.02 Å². The first kappa shape index (κ1) is 18.0. The molecule has 0 aliphatic carbocycles. The van der Waals surface area contributed by atoms with Gasteiger partial charge in [0, 0.05) is 24.8 Å². The second kappa shape index (κ2) is 7.69. The molecule has 2 aromatic carbocycles. The van der Waals surface area contributed by atoms with Crippen molar-refractivity contribution in [3.8, 4) is 11.5 Å². The monoisotopic (exact) mass is 386 g/mol. The van der Waals surface area contributed by atoms with Crippen LogP contribution in [-0.4, -0.2) is 38.3 Å². The maximum atomic E-state index is 12.3. The molecular formula is C21H23ClN2O3. The van der Waals surface area contributed by atoms with E-state index in [4.69, 9.17) is 21.1 Å². The van der Waals surface area contributed by atoms with Gasteiger partial charge in [-0.05, 0) is 42.7 Å². The summed E-state index contributed by atoms with van der Waals surface area (Å²) in [5, 5.41) is 3.50. The maximum Gasteiger partial charge on any atom is 0.224 e. The molecule has 5 nitrogen and oxygen atoms in total. The molecule has 2 heterocycles. The predicted molar refractivity (Wildman–Crippen MR) is 106 cm³/mol. The van der Waals surface area contributed by atoms with E-state index in [0.717, 1.165) is 18.5 Å². The number of carbonyl (C=O) groups excluding carboxylic acids is 1. The molecular weight excluding hydrogens is 364 g/mol. The molecule has 2 aromatic rings. The number of hydrogen-bond acceptors (Lipinski definition) is 4. The van der Waals surface area contributed by atoms with Crippen molar-refractivity contribution in [3.63, 3.8) is 0 Å². The topological polar surface area (TPSA) is 50.8 Å². The van der Waals surface area contributed by atoms with E-state index in [1.54, 1.807) is 6.07 Å². The second-order valence-electron chi connectivity index (χ2n) is 7.00. The van der Waals surface area contributed by atoms with E-state index in [1.165, 1.54) is 11.3 Å². The van der Waals surface area contributed by atoms with Crippen LogP contribution in [0.3, 0.4) is 0 Å². The molecule has 142 valence electrons. The van der Waals surface area contributed by atoms with Crippen LogP contribution in [0.15, 0.2) is 36.4 Å². The summed E-state index contributed by atoms with van der Waals surface area (Å²) in [6.45, 7) is 4.61. The summed E-state index contributed by atoms with van der Waals surface area (Å²) in [5.74, 6) is 1.15. The molecule has 2 aliphatic heterocycles. The normalized spacial score (nSPS) is 17.6. The molecule has 0 saturated heterocycles. The number of amides is 1. The van der Waals surface area contributed by atoms with Crippen molar-refractivity contribution < 1.29 is 14.3 Å². The number of fused-ring (bicyclic) bond motifs is 2. The van der Waals surface area contributed by atoms with Gasteiger partial charge in [-0.1, -0.05) is 29.8 Å². The predicted octanol–water partition coefficient (Wildman–Crippen LogP) is 3.22. The van der Waals surface area contributed by atoms with Crippen LogP contribution in [0.5, 0.6) is 11.5 Å². The van der Waals surface area contributed by atoms with Gasteiger partial charge in [0.25, 0.3) is 0 Å². The minimum Gasteiger partial charge on any atom is -0.486 e. The summed E-state index contributed by atoms with van der Waals surface area (Å²) in [5.41, 5.74) is 3.47. The minimum absolute atomic E-state index is 0.0251. The van der Waals surface area contributed by atoms with Gasteiger partial charge in [0.15, 0.2) is 11.5 Å². The molecule has 0 fully saturated rings. The Hall–Kier alpha value is -2.40. The fourth-order valence-electron chi connectivity index (χ4n) is 3.80. The Morgan fingerprint density at radius 3 is 2.96 bits per heavy atom. The van der Waals surface area contributed by atoms with Crippen molar-refractivity contribution >= 4 is 23.2 Å². The lowest BCUT2D eigenvalue weighted by Crippen LogP contribution is -2.38. The van der Waals surface area contributed by atoms with Gasteiger partial charge in [-0.25, -0.2) is 0 Å². The number of nitrogens with zero attached hydrogens (tertiary/aromatic N) is 1. The molecule has 0 aromatic heterocycles. The number of hydrogen-bond donors (Lipinski definition) is 1. The average molecular weight is 387 g/mol. The van der Waals surface area contributed by atoms with E-state index in [1.807, 2.05) is 6.07 Å². The first-order valence-electron chi connectivity index (χ1n) is 9.31. The minimum atomic E-state index is -0.0251. The van der Waals surface area contributed by atoms with E-state index in [0.29, 0.717) is 42.3 Å². The van der Waals surface area contributed by atoms with Gasteiger partial charge < -0.3 is 19.7 Å². The van der Waals surface area contributed by atoms with E-state index in [9.17, 15) is 4.79 Å². The fourth-order valence-corrected chi connectivity index (χ4v) is 4.09. The molecule has 2 aliphatic rings. The first-order valence-corrected chi connectivity index (χ1v) is 9.69. The zero-order valence-electron chi connectivity index (χ0n) is 15.3. The zero-order valence-corrected chi connectivity index (χ0v) is 16.1. The highest BCUT2D eigenvalue weighted by Crippen LogP contribution is 2.38. The largest absolute Gasteiger partial charge is 0.486 e. The van der Waals surface area contributed by atoms with Gasteiger partial charge >= 0.3 is 0 Å². The van der Waals surface area contributed by atoms with Gasteiger partial charge in [0.05, 0.1) is 11.4 Å². The van der Waals surface area contributed by atoms with Crippen LogP contribution in [0.4, 0.5) is 5.69 Å². The highest BCUT2D eigenvalue weighted by molar-refractivity contribution is 6.32. The van der Waals surface area contributed by atoms with Gasteiger partial charge in [-0.3, -0.25) is 4.79 Å². The molecule has 4 rings (SSSR count). The van der Waals surface area contributed by atoms with E-state index < -0.39 is 0 Å². The maximum absolute atomic E-state index is 12.3. The summed E-state index contributed by atoms with van der Waals surface area (Å²) >= 11 is 6.24. The summed E-state index contributed by atoms with van der Waals surface area (Å²) in [4.78, 5) is 14.7. The van der Waals surface area contributed by atoms with Crippen LogP contribution in [0.25, 0.3) is 0 Å². The molecule has 0 radical (unpaired) electrons. The van der Waals surface area contributed by atoms with E-state index in [2.05, 4.69) is 41.4 Å². The smallest absolute Gasteiger partial charge is 0.224 e. The van der Waals surface area contributed by atoms with Gasteiger partial charge in [-0.2, -0.15) is 0 Å². The number of ether oxygens (including phenoxy) is 2. The third kappa shape index (κ3) is 3.83. The van der Waals surface area contributed by atoms with Crippen LogP contribution in [0.1, 0.15) is 18.1 Å². The van der Waals surface area contributed by atoms with Crippen molar-refractivity contribution in [2.75, 3.05) is 31.2 Å². The summed E-state index contributed by atoms with van der Waals surface area (Å²) < 4.78 is 11.1. The number of anilines is 1. The number of halogens is 1. The standard InChI is InChI=1S/C21H23ClN2O3/c1-14-10-16-4-2-3-5-18(16)24(14)7-6-23-20(25)13-15-11-17(22)21-19(12-15)26-8-9-27-21/h2-5,11-12,14H,6-10,13H2,1H3,(H,23,25). The Morgan fingerprint density at radius 2 is 2.07 bits per heavy atom. The molecule has 0 saturated carbocycles. The van der Waals surface area contributed by atoms with Crippen molar-refractivity contribution in [1.82, 2.24) is 5.32 Å². The molecule has 1 unspecified atom stereocenters. The first-order chi connectivity index (χ1) is 13.1. The van der Waals surface area contributed by atoms with Crippen molar-refractivity contribution in [3.05, 3.63) is 52.5 Å². The van der Waals surface area contributed by atoms with Crippen molar-refractivity contribution in [2.45, 2.75) is 25.8 Å². The Kier molecular flexibility index (Phi) is 5.12. The van der Waals surface area contributed by atoms with E-state index in [-0.39, 0.29) is 12.3 Å². The molecule has 1 atom stereocenters. The molecule has 0 spiro atoms. The number of rotatable bonds is 5. The summed E-state index contributed by atoms with van der Waals surface area (Å²) in [6, 6.07) is 12.5. The van der Waals surface area contributed by atoms with Crippen molar-refractivity contribution in [1.29, 1.82) is 0 Å². The van der Waals surface area contributed by atoms with E-state index >= 15 is 0 Å². The third-order valence-corrected chi connectivity index (χ3v) is 5.33. The Balaban J connectivity index is 1.32. The van der Waals surface area contributed by atoms with Crippen molar-refractivity contribution in [2.24, 2.45) is 0 Å². The van der Waals surface area contributed by atoms with Crippen LogP contribution < -0.4 is 19.7 Å². The average Bonchev–Trinajstić information content (AvgIpc) is 2.97. The molecule has 0 bridgehead atoms. The van der Waals surface area contributed by atoms with Crippen LogP contribution >= 0.6 is 11.6 Å². The quantitative estimate of drug-likeness (QED) is 0.857. The second-order valence-corrected chi connectivity index (χ2v) is 7.41. The summed E-state index contributed by atoms with van der Waals surface area (Å²) in [6.07, 6.45) is 1.32. The van der Waals surface area contributed by atoms with Gasteiger partial charge in [0.2, 0.25) is 5.91 Å². The lowest BCUT2D eigenvalue weighted by atomic mass is 10.1. The zero-order chi connectivity index (χ0) is 18.8. The highest BCUT2D eigenvalue weighted by atomic mass is 35.5. The van der Waals surface area contributed by atoms with Gasteiger partial charge in [0.1, 0.15) is 13.2 Å². The Morgan fingerprint density at radius 1 is 1.26 bits per heavy atom.